The fraction of sp³-hybridized carbons (Fsp3) is 0.125. The fourth-order valence-corrected chi connectivity index (χ4v) is 4.98. The van der Waals surface area contributed by atoms with Crippen LogP contribution >= 0.6 is 11.3 Å². The van der Waals surface area contributed by atoms with Crippen molar-refractivity contribution >= 4 is 44.7 Å². The number of hydrogen-bond acceptors (Lipinski definition) is 6. The number of nitrogens with one attached hydrogen (secondary N) is 1. The Bertz CT molecular complexity index is 1780. The van der Waals surface area contributed by atoms with Crippen molar-refractivity contribution in [3.63, 3.8) is 0 Å². The number of benzene rings is 1. The van der Waals surface area contributed by atoms with Crippen LogP contribution in [-0.2, 0) is 12.4 Å². The highest BCUT2D eigenvalue weighted by molar-refractivity contribution is 7.21. The highest BCUT2D eigenvalue weighted by atomic mass is 32.1. The smallest absolute Gasteiger partial charge is 0.365 e. The first kappa shape index (κ1) is 26.1. The summed E-state index contributed by atoms with van der Waals surface area (Å²) < 4.78 is 81.9. The molecule has 0 aliphatic rings. The first-order chi connectivity index (χ1) is 18.2. The summed E-state index contributed by atoms with van der Waals surface area (Å²) in [5.41, 5.74) is 2.41. The molecule has 4 aromatic heterocycles. The third-order valence-electron chi connectivity index (χ3n) is 5.58. The number of rotatable bonds is 4. The Morgan fingerprint density at radius 2 is 1.67 bits per heavy atom. The molecular weight excluding hydrogens is 550 g/mol. The molecule has 0 aliphatic heterocycles. The molecular formula is C24H14F6N6O2S. The predicted molar refractivity (Wildman–Crippen MR) is 129 cm³/mol. The first-order valence-electron chi connectivity index (χ1n) is 10.9. The van der Waals surface area contributed by atoms with Gasteiger partial charge in [-0.3, -0.25) is 9.59 Å². The zero-order chi connectivity index (χ0) is 28.3. The van der Waals surface area contributed by atoms with Crippen molar-refractivity contribution in [2.75, 3.05) is 5.32 Å². The average Bonchev–Trinajstić information content (AvgIpc) is 3.44. The number of amides is 2. The number of anilines is 1. The average molecular weight is 564 g/mol. The molecule has 0 unspecified atom stereocenters. The number of pyridine rings is 1. The summed E-state index contributed by atoms with van der Waals surface area (Å²) in [6.07, 6.45) is -9.63. The number of alkyl halides is 6. The van der Waals surface area contributed by atoms with E-state index in [9.17, 15) is 35.9 Å². The van der Waals surface area contributed by atoms with Crippen molar-refractivity contribution in [2.45, 2.75) is 19.3 Å². The minimum Gasteiger partial charge on any atom is -0.365 e. The molecule has 5 aromatic rings. The van der Waals surface area contributed by atoms with Gasteiger partial charge in [0.2, 0.25) is 0 Å². The van der Waals surface area contributed by atoms with Crippen LogP contribution in [0.1, 0.15) is 37.2 Å². The molecule has 0 atom stereocenters. The number of carbonyl (C=O) groups excluding carboxylic acids is 2. The lowest BCUT2D eigenvalue weighted by Gasteiger charge is -2.12. The normalized spacial score (nSPS) is 12.3. The Morgan fingerprint density at radius 1 is 0.974 bits per heavy atom. The van der Waals surface area contributed by atoms with Gasteiger partial charge in [0.1, 0.15) is 21.1 Å². The van der Waals surface area contributed by atoms with Gasteiger partial charge in [0, 0.05) is 17.1 Å². The second-order valence-corrected chi connectivity index (χ2v) is 9.30. The van der Waals surface area contributed by atoms with E-state index in [1.165, 1.54) is 19.1 Å². The highest BCUT2D eigenvalue weighted by Crippen LogP contribution is 2.43. The highest BCUT2D eigenvalue weighted by Gasteiger charge is 2.36. The number of primary amides is 1. The SMILES string of the molecule is Cc1cc(C(F)(F)F)n2nc(C(=O)Nc3c(C(N)=O)sc4nc(C(F)(F)F)cc(-c5ccccc5)c34)cc2n1. The summed E-state index contributed by atoms with van der Waals surface area (Å²) in [5.74, 6) is -2.11. The molecule has 3 N–H and O–H groups in total. The van der Waals surface area contributed by atoms with Gasteiger partial charge in [-0.15, -0.1) is 11.3 Å². The lowest BCUT2D eigenvalue weighted by molar-refractivity contribution is -0.143. The molecule has 0 radical (unpaired) electrons. The zero-order valence-electron chi connectivity index (χ0n) is 19.5. The van der Waals surface area contributed by atoms with Crippen LogP contribution in [0.25, 0.3) is 27.0 Å². The van der Waals surface area contributed by atoms with Gasteiger partial charge in [0.15, 0.2) is 11.3 Å². The maximum Gasteiger partial charge on any atom is 0.433 e. The van der Waals surface area contributed by atoms with Crippen molar-refractivity contribution in [1.82, 2.24) is 19.6 Å². The summed E-state index contributed by atoms with van der Waals surface area (Å²) in [6, 6.07) is 10.4. The second-order valence-electron chi connectivity index (χ2n) is 8.30. The molecule has 0 spiro atoms. The van der Waals surface area contributed by atoms with Gasteiger partial charge in [0.25, 0.3) is 11.8 Å². The van der Waals surface area contributed by atoms with E-state index in [2.05, 4.69) is 20.4 Å². The van der Waals surface area contributed by atoms with E-state index in [-0.39, 0.29) is 37.7 Å². The number of aryl methyl sites for hydroxylation is 1. The minimum absolute atomic E-state index is 0.00127. The lowest BCUT2D eigenvalue weighted by Crippen LogP contribution is -2.18. The van der Waals surface area contributed by atoms with Crippen LogP contribution in [0.5, 0.6) is 0 Å². The third kappa shape index (κ3) is 4.76. The molecule has 0 bridgehead atoms. The molecule has 0 saturated carbocycles. The van der Waals surface area contributed by atoms with Crippen LogP contribution in [0.15, 0.2) is 48.5 Å². The Morgan fingerprint density at radius 3 is 2.28 bits per heavy atom. The predicted octanol–water partition coefficient (Wildman–Crippen LogP) is 5.70. The largest absolute Gasteiger partial charge is 0.433 e. The number of nitrogens with two attached hydrogens (primary N) is 1. The molecule has 39 heavy (non-hydrogen) atoms. The number of aromatic nitrogens is 4. The van der Waals surface area contributed by atoms with E-state index < -0.39 is 41.2 Å². The van der Waals surface area contributed by atoms with E-state index in [1.807, 2.05) is 0 Å². The Kier molecular flexibility index (Phi) is 6.05. The quantitative estimate of drug-likeness (QED) is 0.272. The minimum atomic E-state index is -4.82. The van der Waals surface area contributed by atoms with Gasteiger partial charge < -0.3 is 11.1 Å². The molecule has 4 heterocycles. The number of thiophene rings is 1. The molecule has 0 aliphatic carbocycles. The molecule has 15 heteroatoms. The zero-order valence-corrected chi connectivity index (χ0v) is 20.3. The van der Waals surface area contributed by atoms with E-state index in [0.29, 0.717) is 21.4 Å². The molecule has 5 rings (SSSR count). The molecule has 0 saturated heterocycles. The van der Waals surface area contributed by atoms with Crippen LogP contribution < -0.4 is 11.1 Å². The van der Waals surface area contributed by atoms with Crippen LogP contribution in [0, 0.1) is 6.92 Å². The van der Waals surface area contributed by atoms with Crippen LogP contribution in [0.3, 0.4) is 0 Å². The molecule has 8 nitrogen and oxygen atoms in total. The number of halogens is 6. The van der Waals surface area contributed by atoms with Gasteiger partial charge in [-0.05, 0) is 30.2 Å². The molecule has 200 valence electrons. The summed E-state index contributed by atoms with van der Waals surface area (Å²) in [4.78, 5) is 32.5. The first-order valence-corrected chi connectivity index (χ1v) is 11.7. The molecule has 1 aromatic carbocycles. The second kappa shape index (κ2) is 9.04. The van der Waals surface area contributed by atoms with Crippen molar-refractivity contribution < 1.29 is 35.9 Å². The van der Waals surface area contributed by atoms with E-state index in [0.717, 1.165) is 18.2 Å². The third-order valence-corrected chi connectivity index (χ3v) is 6.68. The van der Waals surface area contributed by atoms with Gasteiger partial charge in [-0.25, -0.2) is 14.5 Å². The summed E-state index contributed by atoms with van der Waals surface area (Å²) in [5, 5.41) is 6.12. The number of carbonyl (C=O) groups is 2. The van der Waals surface area contributed by atoms with Crippen molar-refractivity contribution in [2.24, 2.45) is 5.73 Å². The van der Waals surface area contributed by atoms with E-state index >= 15 is 0 Å². The number of hydrogen-bond donors (Lipinski definition) is 2. The van der Waals surface area contributed by atoms with Crippen molar-refractivity contribution in [3.05, 3.63) is 76.2 Å². The van der Waals surface area contributed by atoms with E-state index in [1.54, 1.807) is 18.2 Å². The van der Waals surface area contributed by atoms with Gasteiger partial charge >= 0.3 is 12.4 Å². The van der Waals surface area contributed by atoms with Crippen LogP contribution in [-0.4, -0.2) is 31.4 Å². The lowest BCUT2D eigenvalue weighted by atomic mass is 10.0. The summed E-state index contributed by atoms with van der Waals surface area (Å²) >= 11 is 0.534. The number of fused-ring (bicyclic) bond motifs is 2. The van der Waals surface area contributed by atoms with Gasteiger partial charge in [0.05, 0.1) is 5.69 Å². The van der Waals surface area contributed by atoms with Crippen LogP contribution in [0.4, 0.5) is 32.0 Å². The Hall–Kier alpha value is -4.53. The van der Waals surface area contributed by atoms with Gasteiger partial charge in [-0.1, -0.05) is 30.3 Å². The summed E-state index contributed by atoms with van der Waals surface area (Å²) in [7, 11) is 0. The standard InChI is InChI=1S/C24H14F6N6O2S/c1-10-7-15(24(28,29)30)36-16(32-10)9-13(35-36)21(38)34-18-17-12(11-5-3-2-4-6-11)8-14(23(25,26)27)33-22(17)39-19(18)20(31)37/h2-9H,1H3,(H2,31,37)(H,34,38). The Labute approximate surface area is 218 Å². The topological polar surface area (TPSA) is 115 Å². The van der Waals surface area contributed by atoms with Crippen molar-refractivity contribution in [3.8, 4) is 11.1 Å². The molecule has 0 fully saturated rings. The van der Waals surface area contributed by atoms with Gasteiger partial charge in [-0.2, -0.15) is 31.4 Å². The monoisotopic (exact) mass is 564 g/mol. The van der Waals surface area contributed by atoms with E-state index in [4.69, 9.17) is 5.73 Å². The van der Waals surface area contributed by atoms with Crippen molar-refractivity contribution in [1.29, 1.82) is 0 Å². The van der Waals surface area contributed by atoms with Crippen LogP contribution in [0.2, 0.25) is 0 Å². The maximum absolute atomic E-state index is 13.6. The fourth-order valence-electron chi connectivity index (χ4n) is 3.97. The Balaban J connectivity index is 1.70. The summed E-state index contributed by atoms with van der Waals surface area (Å²) in [6.45, 7) is 1.34. The maximum atomic E-state index is 13.6. The number of nitrogens with zero attached hydrogens (tertiary/aromatic N) is 4. The molecule has 2 amide bonds.